The summed E-state index contributed by atoms with van der Waals surface area (Å²) in [6, 6.07) is 24.2. The zero-order valence-electron chi connectivity index (χ0n) is 16.7. The first-order valence-electron chi connectivity index (χ1n) is 9.89. The van der Waals surface area contributed by atoms with Crippen molar-refractivity contribution in [2.24, 2.45) is 0 Å². The van der Waals surface area contributed by atoms with Crippen LogP contribution in [0.3, 0.4) is 0 Å². The van der Waals surface area contributed by atoms with E-state index in [9.17, 15) is 19.8 Å². The van der Waals surface area contributed by atoms with Crippen LogP contribution in [0.1, 0.15) is 22.7 Å². The van der Waals surface area contributed by atoms with Gasteiger partial charge in [-0.1, -0.05) is 78.9 Å². The molecule has 0 spiro atoms. The zero-order valence-corrected chi connectivity index (χ0v) is 16.7. The third-order valence-corrected chi connectivity index (χ3v) is 5.20. The van der Waals surface area contributed by atoms with Gasteiger partial charge in [-0.15, -0.1) is 0 Å². The van der Waals surface area contributed by atoms with Gasteiger partial charge in [-0.05, 0) is 34.9 Å². The maximum Gasteiger partial charge on any atom is 0.290 e. The van der Waals surface area contributed by atoms with Gasteiger partial charge in [0.1, 0.15) is 5.75 Å². The highest BCUT2D eigenvalue weighted by Crippen LogP contribution is 2.39. The van der Waals surface area contributed by atoms with Crippen LogP contribution < -0.4 is 0 Å². The number of allylic oxidation sites excluding steroid dienone is 1. The highest BCUT2D eigenvalue weighted by Gasteiger charge is 2.42. The number of ketones is 1. The molecule has 0 radical (unpaired) electrons. The van der Waals surface area contributed by atoms with E-state index < -0.39 is 23.5 Å². The van der Waals surface area contributed by atoms with E-state index in [1.54, 1.807) is 18.2 Å². The average molecular weight is 411 g/mol. The van der Waals surface area contributed by atoms with Crippen LogP contribution in [0.4, 0.5) is 0 Å². The number of aliphatic hydroxyl groups is 1. The quantitative estimate of drug-likeness (QED) is 0.583. The number of nitrogens with zero attached hydrogens (tertiary/aromatic N) is 1. The van der Waals surface area contributed by atoms with Gasteiger partial charge in [0.15, 0.2) is 11.5 Å². The van der Waals surface area contributed by atoms with Crippen molar-refractivity contribution in [2.75, 3.05) is 0 Å². The predicted molar refractivity (Wildman–Crippen MR) is 118 cm³/mol. The summed E-state index contributed by atoms with van der Waals surface area (Å²) in [5.41, 5.74) is 2.37. The molecule has 1 atom stereocenters. The molecular formula is C26H21NO4. The van der Waals surface area contributed by atoms with Gasteiger partial charge >= 0.3 is 0 Å². The van der Waals surface area contributed by atoms with E-state index in [2.05, 4.69) is 0 Å². The van der Waals surface area contributed by atoms with Gasteiger partial charge in [0.25, 0.3) is 5.91 Å². The van der Waals surface area contributed by atoms with E-state index >= 15 is 0 Å². The summed E-state index contributed by atoms with van der Waals surface area (Å²) in [6.45, 7) is 0.231. The van der Waals surface area contributed by atoms with Crippen LogP contribution in [0.15, 0.2) is 102 Å². The molecule has 1 aliphatic rings. The largest absolute Gasteiger partial charge is 0.508 e. The van der Waals surface area contributed by atoms with Crippen molar-refractivity contribution in [1.82, 2.24) is 4.90 Å². The second kappa shape index (κ2) is 8.71. The minimum absolute atomic E-state index is 0.0267. The summed E-state index contributed by atoms with van der Waals surface area (Å²) in [6.07, 6.45) is 3.02. The van der Waals surface area contributed by atoms with E-state index in [0.717, 1.165) is 11.1 Å². The average Bonchev–Trinajstić information content (AvgIpc) is 3.04. The molecule has 0 aliphatic carbocycles. The van der Waals surface area contributed by atoms with E-state index in [4.69, 9.17) is 0 Å². The van der Waals surface area contributed by atoms with Crippen LogP contribution >= 0.6 is 0 Å². The molecule has 4 rings (SSSR count). The van der Waals surface area contributed by atoms with Crippen molar-refractivity contribution in [2.45, 2.75) is 12.6 Å². The molecule has 0 aromatic heterocycles. The fourth-order valence-electron chi connectivity index (χ4n) is 3.68. The highest BCUT2D eigenvalue weighted by molar-refractivity contribution is 6.14. The summed E-state index contributed by atoms with van der Waals surface area (Å²) >= 11 is 0. The molecule has 5 nitrogen and oxygen atoms in total. The number of benzene rings is 3. The van der Waals surface area contributed by atoms with Gasteiger partial charge in [-0.3, -0.25) is 9.59 Å². The molecule has 154 valence electrons. The van der Waals surface area contributed by atoms with Gasteiger partial charge in [0, 0.05) is 6.54 Å². The molecule has 0 fully saturated rings. The zero-order chi connectivity index (χ0) is 21.8. The van der Waals surface area contributed by atoms with Crippen molar-refractivity contribution in [3.05, 3.63) is 119 Å². The number of rotatable bonds is 6. The van der Waals surface area contributed by atoms with E-state index in [1.165, 1.54) is 23.1 Å². The second-order valence-electron chi connectivity index (χ2n) is 7.28. The summed E-state index contributed by atoms with van der Waals surface area (Å²) in [5.74, 6) is -1.51. The molecule has 1 unspecified atom stereocenters. The molecular weight excluding hydrogens is 390 g/mol. The summed E-state index contributed by atoms with van der Waals surface area (Å²) < 4.78 is 0. The summed E-state index contributed by atoms with van der Waals surface area (Å²) in [4.78, 5) is 27.5. The number of amides is 1. The third kappa shape index (κ3) is 4.26. The van der Waals surface area contributed by atoms with Crippen LogP contribution in [0.2, 0.25) is 0 Å². The Hall–Kier alpha value is -4.12. The van der Waals surface area contributed by atoms with Crippen LogP contribution in [0.25, 0.3) is 6.08 Å². The maximum absolute atomic E-state index is 13.1. The topological polar surface area (TPSA) is 77.8 Å². The van der Waals surface area contributed by atoms with Crippen LogP contribution in [0, 0.1) is 0 Å². The van der Waals surface area contributed by atoms with Crippen molar-refractivity contribution < 1.29 is 19.8 Å². The summed E-state index contributed by atoms with van der Waals surface area (Å²) in [5, 5.41) is 20.3. The number of hydrogen-bond acceptors (Lipinski definition) is 4. The fraction of sp³-hybridized carbons (Fsp3) is 0.0769. The molecule has 0 saturated carbocycles. The van der Waals surface area contributed by atoms with Gasteiger partial charge in [-0.2, -0.15) is 0 Å². The molecule has 3 aromatic rings. The van der Waals surface area contributed by atoms with Crippen molar-refractivity contribution in [1.29, 1.82) is 0 Å². The molecule has 1 aliphatic heterocycles. The number of carbonyl (C=O) groups is 2. The Morgan fingerprint density at radius 1 is 0.871 bits per heavy atom. The number of phenols is 1. The van der Waals surface area contributed by atoms with Crippen molar-refractivity contribution >= 4 is 17.8 Å². The van der Waals surface area contributed by atoms with E-state index in [-0.39, 0.29) is 17.9 Å². The minimum atomic E-state index is -0.763. The maximum atomic E-state index is 13.1. The number of phenolic OH excluding ortho intramolecular Hbond substituents is 1. The molecule has 0 saturated heterocycles. The number of hydrogen-bond donors (Lipinski definition) is 2. The van der Waals surface area contributed by atoms with Gasteiger partial charge in [-0.25, -0.2) is 0 Å². The molecule has 5 heteroatoms. The first-order chi connectivity index (χ1) is 15.0. The number of carbonyl (C=O) groups excluding carboxylic acids is 2. The lowest BCUT2D eigenvalue weighted by Gasteiger charge is -2.26. The van der Waals surface area contributed by atoms with Gasteiger partial charge in [0.05, 0.1) is 11.6 Å². The first-order valence-corrected chi connectivity index (χ1v) is 9.89. The fourth-order valence-corrected chi connectivity index (χ4v) is 3.68. The van der Waals surface area contributed by atoms with Crippen LogP contribution in [-0.2, 0) is 16.1 Å². The Balaban J connectivity index is 1.72. The molecule has 1 amide bonds. The normalized spacial score (nSPS) is 16.3. The lowest BCUT2D eigenvalue weighted by Crippen LogP contribution is -2.30. The van der Waals surface area contributed by atoms with Crippen LogP contribution in [0.5, 0.6) is 5.75 Å². The van der Waals surface area contributed by atoms with Gasteiger partial charge < -0.3 is 15.1 Å². The Morgan fingerprint density at radius 3 is 2.13 bits per heavy atom. The smallest absolute Gasteiger partial charge is 0.290 e. The van der Waals surface area contributed by atoms with Gasteiger partial charge in [0.2, 0.25) is 0 Å². The Bertz CT molecular complexity index is 1150. The monoisotopic (exact) mass is 411 g/mol. The molecule has 31 heavy (non-hydrogen) atoms. The standard InChI is InChI=1S/C26H21NO4/c28-21-14-12-20(13-15-21)24-23(22(29)16-11-18-7-3-1-4-8-18)25(30)26(31)27(24)17-19-9-5-2-6-10-19/h1-16,24,28,30H,17H2/b16-11+. The lowest BCUT2D eigenvalue weighted by atomic mass is 9.95. The lowest BCUT2D eigenvalue weighted by molar-refractivity contribution is -0.130. The van der Waals surface area contributed by atoms with Crippen molar-refractivity contribution in [3.63, 3.8) is 0 Å². The molecule has 0 bridgehead atoms. The van der Waals surface area contributed by atoms with E-state index in [0.29, 0.717) is 5.56 Å². The highest BCUT2D eigenvalue weighted by atomic mass is 16.3. The SMILES string of the molecule is O=C(/C=C/c1ccccc1)C1=C(O)C(=O)N(Cc2ccccc2)C1c1ccc(O)cc1. The third-order valence-electron chi connectivity index (χ3n) is 5.20. The minimum Gasteiger partial charge on any atom is -0.508 e. The molecule has 3 aromatic carbocycles. The van der Waals surface area contributed by atoms with E-state index in [1.807, 2.05) is 60.7 Å². The van der Waals surface area contributed by atoms with Crippen molar-refractivity contribution in [3.8, 4) is 5.75 Å². The second-order valence-corrected chi connectivity index (χ2v) is 7.28. The Labute approximate surface area is 180 Å². The number of aromatic hydroxyl groups is 1. The molecule has 2 N–H and O–H groups in total. The summed E-state index contributed by atoms with van der Waals surface area (Å²) in [7, 11) is 0. The predicted octanol–water partition coefficient (Wildman–Crippen LogP) is 4.57. The molecule has 1 heterocycles. The Morgan fingerprint density at radius 2 is 1.48 bits per heavy atom. The van der Waals surface area contributed by atoms with Crippen LogP contribution in [-0.4, -0.2) is 26.8 Å². The number of aliphatic hydroxyl groups excluding tert-OH is 1. The first kappa shape index (κ1) is 20.2. The Kier molecular flexibility index (Phi) is 5.67.